The molecule has 4 rings (SSSR count). The van der Waals surface area contributed by atoms with E-state index in [1.807, 2.05) is 6.92 Å². The second-order valence-corrected chi connectivity index (χ2v) is 7.12. The monoisotopic (exact) mass is 278 g/mol. The maximum absolute atomic E-state index is 4.51. The van der Waals surface area contributed by atoms with Crippen molar-refractivity contribution in [3.05, 3.63) is 5.82 Å². The van der Waals surface area contributed by atoms with Crippen molar-refractivity contribution in [1.82, 2.24) is 14.3 Å². The van der Waals surface area contributed by atoms with Crippen LogP contribution in [0.1, 0.15) is 31.5 Å². The van der Waals surface area contributed by atoms with Crippen LogP contribution in [0.4, 0.5) is 5.13 Å². The average molecular weight is 278 g/mol. The predicted octanol–water partition coefficient (Wildman–Crippen LogP) is 2.16. The summed E-state index contributed by atoms with van der Waals surface area (Å²) < 4.78 is 4.29. The zero-order chi connectivity index (χ0) is 12.8. The van der Waals surface area contributed by atoms with Gasteiger partial charge in [0.15, 0.2) is 0 Å². The lowest BCUT2D eigenvalue weighted by Crippen LogP contribution is -2.51. The lowest BCUT2D eigenvalue weighted by atomic mass is 9.93. The van der Waals surface area contributed by atoms with E-state index >= 15 is 0 Å². The van der Waals surface area contributed by atoms with Crippen LogP contribution in [0.2, 0.25) is 0 Å². The van der Waals surface area contributed by atoms with Gasteiger partial charge in [-0.2, -0.15) is 4.37 Å². The molecule has 0 amide bonds. The molecule has 0 unspecified atom stereocenters. The van der Waals surface area contributed by atoms with E-state index in [1.165, 1.54) is 38.8 Å². The fourth-order valence-corrected chi connectivity index (χ4v) is 5.04. The summed E-state index contributed by atoms with van der Waals surface area (Å²) in [5, 5.41) is 1.12. The maximum atomic E-state index is 4.51. The zero-order valence-corrected chi connectivity index (χ0v) is 12.4. The predicted molar refractivity (Wildman–Crippen MR) is 77.7 cm³/mol. The molecule has 2 saturated carbocycles. The molecule has 2 aliphatic carbocycles. The van der Waals surface area contributed by atoms with Gasteiger partial charge in [-0.1, -0.05) is 6.42 Å². The van der Waals surface area contributed by atoms with Gasteiger partial charge in [0.1, 0.15) is 5.82 Å². The summed E-state index contributed by atoms with van der Waals surface area (Å²) in [6.07, 6.45) is 5.99. The van der Waals surface area contributed by atoms with Crippen LogP contribution in [-0.2, 0) is 0 Å². The quantitative estimate of drug-likeness (QED) is 0.830. The van der Waals surface area contributed by atoms with Gasteiger partial charge in [0.2, 0.25) is 5.13 Å². The molecule has 0 N–H and O–H groups in total. The lowest BCUT2D eigenvalue weighted by molar-refractivity contribution is 0.135. The second kappa shape index (κ2) is 4.70. The standard InChI is InChI=1S/C14H22N4S/c1-10-15-14(19-16-10)18-6-4-17(5-7-18)13-9-11-2-3-12(13)8-11/h11-13H,2-9H2,1H3/t11-,12-,13+/m0/s1. The van der Waals surface area contributed by atoms with Crippen LogP contribution in [0.3, 0.4) is 0 Å². The van der Waals surface area contributed by atoms with Gasteiger partial charge in [0, 0.05) is 43.8 Å². The zero-order valence-electron chi connectivity index (χ0n) is 11.6. The Morgan fingerprint density at radius 1 is 1.11 bits per heavy atom. The van der Waals surface area contributed by atoms with E-state index in [2.05, 4.69) is 19.2 Å². The Morgan fingerprint density at radius 3 is 2.53 bits per heavy atom. The van der Waals surface area contributed by atoms with Crippen molar-refractivity contribution in [2.45, 2.75) is 38.6 Å². The SMILES string of the molecule is Cc1nsc(N2CCN([C@@H]3C[C@H]4CC[C@H]3C4)CC2)n1. The van der Waals surface area contributed by atoms with Crippen molar-refractivity contribution in [1.29, 1.82) is 0 Å². The third-order valence-corrected chi connectivity index (χ3v) is 6.14. The first-order valence-corrected chi connectivity index (χ1v) is 8.36. The van der Waals surface area contributed by atoms with Gasteiger partial charge in [0.05, 0.1) is 0 Å². The van der Waals surface area contributed by atoms with E-state index < -0.39 is 0 Å². The number of nitrogens with zero attached hydrogens (tertiary/aromatic N) is 4. The van der Waals surface area contributed by atoms with Gasteiger partial charge in [-0.3, -0.25) is 4.90 Å². The number of piperazine rings is 1. The summed E-state index contributed by atoms with van der Waals surface area (Å²) in [6.45, 7) is 6.66. The maximum Gasteiger partial charge on any atom is 0.205 e. The number of aryl methyl sites for hydroxylation is 1. The number of anilines is 1. The Kier molecular flexibility index (Phi) is 2.99. The minimum absolute atomic E-state index is 0.900. The topological polar surface area (TPSA) is 32.3 Å². The molecule has 3 atom stereocenters. The molecule has 2 heterocycles. The fraction of sp³-hybridized carbons (Fsp3) is 0.857. The van der Waals surface area contributed by atoms with E-state index in [0.29, 0.717) is 0 Å². The molecule has 1 aliphatic heterocycles. The Labute approximate surface area is 119 Å². The van der Waals surface area contributed by atoms with E-state index in [9.17, 15) is 0 Å². The number of hydrogen-bond acceptors (Lipinski definition) is 5. The van der Waals surface area contributed by atoms with Gasteiger partial charge in [-0.15, -0.1) is 0 Å². The van der Waals surface area contributed by atoms with E-state index in [4.69, 9.17) is 0 Å². The van der Waals surface area contributed by atoms with E-state index in [1.54, 1.807) is 11.5 Å². The van der Waals surface area contributed by atoms with Crippen molar-refractivity contribution in [3.8, 4) is 0 Å². The molecular weight excluding hydrogens is 256 g/mol. The van der Waals surface area contributed by atoms with Crippen LogP contribution in [0.5, 0.6) is 0 Å². The summed E-state index contributed by atoms with van der Waals surface area (Å²) in [5.74, 6) is 2.98. The van der Waals surface area contributed by atoms with Gasteiger partial charge < -0.3 is 4.90 Å². The molecule has 0 aromatic carbocycles. The summed E-state index contributed by atoms with van der Waals surface area (Å²) in [4.78, 5) is 9.68. The summed E-state index contributed by atoms with van der Waals surface area (Å²) in [5.41, 5.74) is 0. The van der Waals surface area contributed by atoms with Crippen LogP contribution in [-0.4, -0.2) is 46.5 Å². The highest BCUT2D eigenvalue weighted by Gasteiger charge is 2.42. The highest BCUT2D eigenvalue weighted by atomic mass is 32.1. The number of hydrogen-bond donors (Lipinski definition) is 0. The third kappa shape index (κ3) is 2.17. The van der Waals surface area contributed by atoms with Crippen molar-refractivity contribution in [2.75, 3.05) is 31.1 Å². The van der Waals surface area contributed by atoms with Crippen molar-refractivity contribution < 1.29 is 0 Å². The molecule has 0 spiro atoms. The van der Waals surface area contributed by atoms with Crippen molar-refractivity contribution in [2.24, 2.45) is 11.8 Å². The van der Waals surface area contributed by atoms with Crippen molar-refractivity contribution >= 4 is 16.7 Å². The number of rotatable bonds is 2. The molecule has 5 heteroatoms. The molecule has 1 saturated heterocycles. The van der Waals surface area contributed by atoms with Crippen LogP contribution in [0, 0.1) is 18.8 Å². The summed E-state index contributed by atoms with van der Waals surface area (Å²) in [7, 11) is 0. The molecule has 2 bridgehead atoms. The first-order valence-electron chi connectivity index (χ1n) is 7.59. The summed E-state index contributed by atoms with van der Waals surface area (Å²) >= 11 is 1.55. The number of aromatic nitrogens is 2. The molecule has 1 aromatic rings. The van der Waals surface area contributed by atoms with Crippen LogP contribution < -0.4 is 4.90 Å². The van der Waals surface area contributed by atoms with Crippen molar-refractivity contribution in [3.63, 3.8) is 0 Å². The van der Waals surface area contributed by atoms with Gasteiger partial charge in [-0.05, 0) is 38.0 Å². The molecule has 104 valence electrons. The highest BCUT2D eigenvalue weighted by Crippen LogP contribution is 2.46. The largest absolute Gasteiger partial charge is 0.344 e. The summed E-state index contributed by atoms with van der Waals surface area (Å²) in [6, 6.07) is 0.900. The van der Waals surface area contributed by atoms with E-state index in [0.717, 1.165) is 41.9 Å². The molecule has 0 radical (unpaired) electrons. The minimum Gasteiger partial charge on any atom is -0.344 e. The Morgan fingerprint density at radius 2 is 1.95 bits per heavy atom. The first-order chi connectivity index (χ1) is 9.29. The second-order valence-electron chi connectivity index (χ2n) is 6.39. The molecule has 4 nitrogen and oxygen atoms in total. The average Bonchev–Trinajstić information content (AvgIpc) is 3.14. The molecule has 3 fully saturated rings. The normalized spacial score (nSPS) is 35.2. The smallest absolute Gasteiger partial charge is 0.205 e. The number of fused-ring (bicyclic) bond motifs is 2. The van der Waals surface area contributed by atoms with Crippen LogP contribution in [0.25, 0.3) is 0 Å². The first kappa shape index (κ1) is 12.1. The van der Waals surface area contributed by atoms with Gasteiger partial charge in [0.25, 0.3) is 0 Å². The molecule has 19 heavy (non-hydrogen) atoms. The van der Waals surface area contributed by atoms with Crippen LogP contribution in [0.15, 0.2) is 0 Å². The Bertz CT molecular complexity index is 452. The van der Waals surface area contributed by atoms with Crippen LogP contribution >= 0.6 is 11.5 Å². The minimum atomic E-state index is 0.900. The third-order valence-electron chi connectivity index (χ3n) is 5.27. The highest BCUT2D eigenvalue weighted by molar-refractivity contribution is 7.09. The lowest BCUT2D eigenvalue weighted by Gasteiger charge is -2.40. The molecule has 3 aliphatic rings. The van der Waals surface area contributed by atoms with Gasteiger partial charge in [-0.25, -0.2) is 4.98 Å². The molecular formula is C14H22N4S. The molecule has 1 aromatic heterocycles. The van der Waals surface area contributed by atoms with E-state index in [-0.39, 0.29) is 0 Å². The Hall–Kier alpha value is -0.680. The van der Waals surface area contributed by atoms with Gasteiger partial charge >= 0.3 is 0 Å². The fourth-order valence-electron chi connectivity index (χ4n) is 4.32. The Balaban J connectivity index is 1.37.